The Hall–Kier alpha value is -3.46. The van der Waals surface area contributed by atoms with Crippen LogP contribution in [0.3, 0.4) is 0 Å². The Morgan fingerprint density at radius 3 is 1.68 bits per heavy atom. The minimum atomic E-state index is 0.113. The zero-order valence-electron chi connectivity index (χ0n) is 25.5. The van der Waals surface area contributed by atoms with Crippen molar-refractivity contribution in [3.05, 3.63) is 47.0 Å². The number of methoxy groups -OCH3 is 1. The molecule has 0 aromatic carbocycles. The molecule has 2 rings (SSSR count). The summed E-state index contributed by atoms with van der Waals surface area (Å²) < 4.78 is 16.6. The molecule has 2 aromatic heterocycles. The molecule has 41 heavy (non-hydrogen) atoms. The maximum absolute atomic E-state index is 6.09. The molecule has 0 bridgehead atoms. The van der Waals surface area contributed by atoms with Crippen LogP contribution >= 0.6 is 0 Å². The molecule has 2 aromatic rings. The Morgan fingerprint density at radius 2 is 1.10 bits per heavy atom. The molecule has 0 spiro atoms. The Labute approximate surface area is 249 Å². The fraction of sp³-hybridized carbons (Fsp3) is 0.556. The van der Waals surface area contributed by atoms with Crippen LogP contribution in [0.4, 0.5) is 0 Å². The summed E-state index contributed by atoms with van der Waals surface area (Å²) in [5, 5.41) is 0. The minimum absolute atomic E-state index is 0.113. The van der Waals surface area contributed by atoms with E-state index in [1.165, 1.54) is 77.0 Å². The number of pyridine rings is 2. The average molecular weight is 557 g/mol. The molecule has 0 amide bonds. The number of ether oxygens (including phenoxy) is 3. The first kappa shape index (κ1) is 33.7. The van der Waals surface area contributed by atoms with Crippen LogP contribution in [0.2, 0.25) is 0 Å². The van der Waals surface area contributed by atoms with Crippen molar-refractivity contribution in [2.24, 2.45) is 0 Å². The van der Waals surface area contributed by atoms with Gasteiger partial charge in [0.25, 0.3) is 0 Å². The van der Waals surface area contributed by atoms with Gasteiger partial charge in [-0.25, -0.2) is 9.97 Å². The Morgan fingerprint density at radius 1 is 0.610 bits per heavy atom. The molecule has 5 nitrogen and oxygen atoms in total. The number of aromatic nitrogens is 2. The molecular formula is C36H48N2O3. The number of nitrogens with zero attached hydrogens (tertiary/aromatic N) is 2. The lowest BCUT2D eigenvalue weighted by atomic mass is 10.1. The third kappa shape index (κ3) is 15.8. The van der Waals surface area contributed by atoms with Gasteiger partial charge in [-0.3, -0.25) is 0 Å². The van der Waals surface area contributed by atoms with Gasteiger partial charge < -0.3 is 14.2 Å². The predicted molar refractivity (Wildman–Crippen MR) is 168 cm³/mol. The van der Waals surface area contributed by atoms with E-state index in [0.29, 0.717) is 35.1 Å². The summed E-state index contributed by atoms with van der Waals surface area (Å²) in [5.41, 5.74) is 2.19. The number of terminal acetylenes is 1. The lowest BCUT2D eigenvalue weighted by molar-refractivity contribution is 0.0510. The highest BCUT2D eigenvalue weighted by molar-refractivity contribution is 5.46. The van der Waals surface area contributed by atoms with E-state index in [1.54, 1.807) is 19.2 Å². The first-order valence-electron chi connectivity index (χ1n) is 15.4. The Balaban J connectivity index is 2.08. The van der Waals surface area contributed by atoms with Crippen molar-refractivity contribution < 1.29 is 14.2 Å². The van der Waals surface area contributed by atoms with Gasteiger partial charge in [0.05, 0.1) is 6.61 Å². The van der Waals surface area contributed by atoms with Crippen LogP contribution in [-0.2, 0) is 4.74 Å². The standard InChI is InChI=1S/C36H48N2O3/c1-5-8-10-12-14-15-16-17-18-20-22-32-27-35(40-25-21-19-13-11-9-6-2)28-34(38-32)24-23-33-29-36(41-30-39-4)26-31(7-3)37-33/h3,26-29H,5-6,8-19,21,25,30H2,1-2,4H3. The van der Waals surface area contributed by atoms with Gasteiger partial charge in [-0.15, -0.1) is 6.42 Å². The molecule has 220 valence electrons. The van der Waals surface area contributed by atoms with Gasteiger partial charge in [0.2, 0.25) is 0 Å². The van der Waals surface area contributed by atoms with Gasteiger partial charge in [0, 0.05) is 37.8 Å². The monoisotopic (exact) mass is 556 g/mol. The van der Waals surface area contributed by atoms with E-state index in [2.05, 4.69) is 53.4 Å². The molecule has 0 aliphatic carbocycles. The van der Waals surface area contributed by atoms with E-state index < -0.39 is 0 Å². The third-order valence-electron chi connectivity index (χ3n) is 6.55. The van der Waals surface area contributed by atoms with Crippen LogP contribution in [0.1, 0.15) is 133 Å². The summed E-state index contributed by atoms with van der Waals surface area (Å²) in [5.74, 6) is 16.5. The van der Waals surface area contributed by atoms with Crippen molar-refractivity contribution in [3.8, 4) is 47.5 Å². The van der Waals surface area contributed by atoms with Gasteiger partial charge in [-0.2, -0.15) is 0 Å². The highest BCUT2D eigenvalue weighted by Crippen LogP contribution is 2.17. The Bertz CT molecular complexity index is 1180. The molecule has 0 saturated carbocycles. The van der Waals surface area contributed by atoms with E-state index in [-0.39, 0.29) is 6.79 Å². The topological polar surface area (TPSA) is 53.5 Å². The maximum atomic E-state index is 6.09. The van der Waals surface area contributed by atoms with Gasteiger partial charge in [0.15, 0.2) is 6.79 Å². The number of hydrogen-bond donors (Lipinski definition) is 0. The largest absolute Gasteiger partial charge is 0.493 e. The van der Waals surface area contributed by atoms with Crippen LogP contribution in [0.15, 0.2) is 24.3 Å². The van der Waals surface area contributed by atoms with E-state index in [1.807, 2.05) is 12.1 Å². The molecule has 2 heterocycles. The summed E-state index contributed by atoms with van der Waals surface area (Å²) in [6.45, 7) is 5.27. The number of hydrogen-bond acceptors (Lipinski definition) is 5. The van der Waals surface area contributed by atoms with Crippen LogP contribution in [-0.4, -0.2) is 30.5 Å². The number of rotatable bonds is 19. The second-order valence-corrected chi connectivity index (χ2v) is 10.2. The molecule has 0 N–H and O–H groups in total. The normalized spacial score (nSPS) is 10.2. The maximum Gasteiger partial charge on any atom is 0.188 e. The fourth-order valence-electron chi connectivity index (χ4n) is 4.27. The average Bonchev–Trinajstić information content (AvgIpc) is 2.99. The highest BCUT2D eigenvalue weighted by atomic mass is 16.7. The predicted octanol–water partition coefficient (Wildman–Crippen LogP) is 8.46. The summed E-state index contributed by atoms with van der Waals surface area (Å²) in [4.78, 5) is 9.07. The molecule has 0 saturated heterocycles. The third-order valence-corrected chi connectivity index (χ3v) is 6.55. The number of unbranched alkanes of at least 4 members (excludes halogenated alkanes) is 13. The Kier molecular flexibility index (Phi) is 18.3. The van der Waals surface area contributed by atoms with Gasteiger partial charge in [-0.05, 0) is 30.6 Å². The van der Waals surface area contributed by atoms with E-state index in [4.69, 9.17) is 20.6 Å². The van der Waals surface area contributed by atoms with E-state index >= 15 is 0 Å². The fourth-order valence-corrected chi connectivity index (χ4v) is 4.27. The van der Waals surface area contributed by atoms with Crippen LogP contribution in [0, 0.1) is 36.0 Å². The minimum Gasteiger partial charge on any atom is -0.493 e. The van der Waals surface area contributed by atoms with Crippen LogP contribution in [0.5, 0.6) is 11.5 Å². The zero-order valence-corrected chi connectivity index (χ0v) is 25.5. The van der Waals surface area contributed by atoms with Crippen molar-refractivity contribution >= 4 is 0 Å². The van der Waals surface area contributed by atoms with Gasteiger partial charge in [-0.1, -0.05) is 103 Å². The summed E-state index contributed by atoms with van der Waals surface area (Å²) >= 11 is 0. The van der Waals surface area contributed by atoms with Gasteiger partial charge in [0.1, 0.15) is 34.3 Å². The highest BCUT2D eigenvalue weighted by Gasteiger charge is 2.04. The molecule has 0 aliphatic heterocycles. The lowest BCUT2D eigenvalue weighted by Gasteiger charge is -2.07. The molecular weight excluding hydrogens is 508 g/mol. The summed E-state index contributed by atoms with van der Waals surface area (Å²) in [6, 6.07) is 7.19. The van der Waals surface area contributed by atoms with Crippen molar-refractivity contribution in [3.63, 3.8) is 0 Å². The quantitative estimate of drug-likeness (QED) is 0.0987. The molecule has 0 unspecified atom stereocenters. The van der Waals surface area contributed by atoms with Crippen LogP contribution in [0.25, 0.3) is 0 Å². The summed E-state index contributed by atoms with van der Waals surface area (Å²) in [7, 11) is 1.56. The van der Waals surface area contributed by atoms with Crippen molar-refractivity contribution in [1.82, 2.24) is 9.97 Å². The lowest BCUT2D eigenvalue weighted by Crippen LogP contribution is -2.01. The molecule has 0 fully saturated rings. The molecule has 0 atom stereocenters. The second-order valence-electron chi connectivity index (χ2n) is 10.2. The summed E-state index contributed by atoms with van der Waals surface area (Å²) in [6.07, 6.45) is 24.1. The van der Waals surface area contributed by atoms with Crippen LogP contribution < -0.4 is 9.47 Å². The van der Waals surface area contributed by atoms with E-state index in [0.717, 1.165) is 25.0 Å². The first-order chi connectivity index (χ1) is 20.2. The van der Waals surface area contributed by atoms with Crippen molar-refractivity contribution in [2.75, 3.05) is 20.5 Å². The van der Waals surface area contributed by atoms with Crippen molar-refractivity contribution in [2.45, 2.75) is 110 Å². The molecule has 0 radical (unpaired) electrons. The van der Waals surface area contributed by atoms with Crippen molar-refractivity contribution in [1.29, 1.82) is 0 Å². The first-order valence-corrected chi connectivity index (χ1v) is 15.4. The van der Waals surface area contributed by atoms with E-state index in [9.17, 15) is 0 Å². The smallest absolute Gasteiger partial charge is 0.188 e. The molecule has 5 heteroatoms. The zero-order chi connectivity index (χ0) is 29.4. The van der Waals surface area contributed by atoms with Gasteiger partial charge >= 0.3 is 0 Å². The second kappa shape index (κ2) is 22.3. The SMILES string of the molecule is C#Cc1cc(OCOC)cc(C#Cc2cc(OCCCCCCCC)cc(C#CCCCCCCCCCC)n2)n1. The molecule has 0 aliphatic rings.